The van der Waals surface area contributed by atoms with Crippen LogP contribution in [0.5, 0.6) is 0 Å². The molecule has 1 aromatic rings. The first kappa shape index (κ1) is 18.7. The summed E-state index contributed by atoms with van der Waals surface area (Å²) in [4.78, 5) is 30.9. The van der Waals surface area contributed by atoms with Crippen LogP contribution in [0.3, 0.4) is 0 Å². The van der Waals surface area contributed by atoms with Gasteiger partial charge >= 0.3 is 6.03 Å². The summed E-state index contributed by atoms with van der Waals surface area (Å²) in [5.41, 5.74) is 0.944. The van der Waals surface area contributed by atoms with E-state index >= 15 is 0 Å². The highest BCUT2D eigenvalue weighted by Crippen LogP contribution is 2.34. The Morgan fingerprint density at radius 2 is 2.04 bits per heavy atom. The van der Waals surface area contributed by atoms with Gasteiger partial charge in [0.05, 0.1) is 6.20 Å². The number of likely N-dealkylation sites (tertiary alicyclic amines) is 1. The predicted octanol–water partition coefficient (Wildman–Crippen LogP) is 0.504. The molecule has 3 heterocycles. The van der Waals surface area contributed by atoms with Gasteiger partial charge in [0.1, 0.15) is 0 Å². The molecule has 3 amide bonds. The molecule has 3 rings (SSSR count). The zero-order valence-corrected chi connectivity index (χ0v) is 16.2. The number of carbonyl (C=O) groups is 2. The zero-order chi connectivity index (χ0) is 18.9. The van der Waals surface area contributed by atoms with Crippen LogP contribution in [0.15, 0.2) is 12.4 Å². The monoisotopic (exact) mass is 362 g/mol. The second-order valence-electron chi connectivity index (χ2n) is 8.19. The second kappa shape index (κ2) is 7.26. The number of aromatic nitrogens is 2. The molecule has 8 nitrogen and oxygen atoms in total. The van der Waals surface area contributed by atoms with Gasteiger partial charge < -0.3 is 15.1 Å². The molecule has 0 saturated carbocycles. The van der Waals surface area contributed by atoms with E-state index in [0.29, 0.717) is 26.1 Å². The molecule has 0 bridgehead atoms. The topological polar surface area (TPSA) is 73.7 Å². The van der Waals surface area contributed by atoms with E-state index in [1.165, 1.54) is 0 Å². The van der Waals surface area contributed by atoms with Crippen molar-refractivity contribution in [2.75, 3.05) is 39.8 Å². The van der Waals surface area contributed by atoms with Crippen LogP contribution in [0.25, 0.3) is 0 Å². The van der Waals surface area contributed by atoms with Crippen LogP contribution in [0.4, 0.5) is 4.79 Å². The highest BCUT2D eigenvalue weighted by atomic mass is 16.2. The average molecular weight is 362 g/mol. The van der Waals surface area contributed by atoms with Gasteiger partial charge in [0, 0.05) is 83.0 Å². The number of hydrogen-bond acceptors (Lipinski definition) is 4. The van der Waals surface area contributed by atoms with Crippen molar-refractivity contribution in [3.63, 3.8) is 0 Å². The standard InChI is InChI=1S/C18H30N6O2/c1-14(2)20-17(26)24-6-5-23(10-15-8-19-22(4)9-15)12-18(13-24)7-16(25)21(3)11-18/h8-9,14H,5-7,10-13H2,1-4H3,(H,20,26). The molecule has 1 spiro atoms. The van der Waals surface area contributed by atoms with E-state index in [1.54, 1.807) is 9.58 Å². The van der Waals surface area contributed by atoms with E-state index in [4.69, 9.17) is 0 Å². The number of aryl methyl sites for hydroxylation is 1. The molecule has 26 heavy (non-hydrogen) atoms. The Morgan fingerprint density at radius 3 is 2.62 bits per heavy atom. The highest BCUT2D eigenvalue weighted by molar-refractivity contribution is 5.80. The molecule has 0 radical (unpaired) electrons. The first-order chi connectivity index (χ1) is 12.3. The SMILES string of the molecule is CC(C)NC(=O)N1CCN(Cc2cnn(C)c2)CC2(CC(=O)N(C)C2)C1. The summed E-state index contributed by atoms with van der Waals surface area (Å²) in [7, 11) is 3.77. The van der Waals surface area contributed by atoms with E-state index in [9.17, 15) is 9.59 Å². The number of carbonyl (C=O) groups excluding carboxylic acids is 2. The van der Waals surface area contributed by atoms with Gasteiger partial charge in [0.25, 0.3) is 0 Å². The lowest BCUT2D eigenvalue weighted by Crippen LogP contribution is -2.48. The van der Waals surface area contributed by atoms with Crippen molar-refractivity contribution in [1.82, 2.24) is 29.8 Å². The maximum atomic E-state index is 12.6. The van der Waals surface area contributed by atoms with Crippen molar-refractivity contribution >= 4 is 11.9 Å². The normalized spacial score (nSPS) is 24.6. The lowest BCUT2D eigenvalue weighted by Gasteiger charge is -2.33. The van der Waals surface area contributed by atoms with Crippen molar-refractivity contribution in [2.45, 2.75) is 32.9 Å². The van der Waals surface area contributed by atoms with Gasteiger partial charge in [-0.15, -0.1) is 0 Å². The molecule has 2 aliphatic rings. The summed E-state index contributed by atoms with van der Waals surface area (Å²) in [5.74, 6) is 0.164. The molecular weight excluding hydrogens is 332 g/mol. The minimum atomic E-state index is -0.209. The van der Waals surface area contributed by atoms with Crippen LogP contribution < -0.4 is 5.32 Å². The van der Waals surface area contributed by atoms with Crippen molar-refractivity contribution in [2.24, 2.45) is 12.5 Å². The molecular formula is C18H30N6O2. The third-order valence-electron chi connectivity index (χ3n) is 5.16. The van der Waals surface area contributed by atoms with Gasteiger partial charge in [0.2, 0.25) is 5.91 Å². The van der Waals surface area contributed by atoms with Gasteiger partial charge in [-0.2, -0.15) is 5.10 Å². The Balaban J connectivity index is 1.78. The number of rotatable bonds is 3. The summed E-state index contributed by atoms with van der Waals surface area (Å²) in [6.07, 6.45) is 4.40. The fourth-order valence-electron chi connectivity index (χ4n) is 4.12. The molecule has 2 saturated heterocycles. The second-order valence-corrected chi connectivity index (χ2v) is 8.19. The Kier molecular flexibility index (Phi) is 5.22. The molecule has 1 atom stereocenters. The third kappa shape index (κ3) is 4.17. The minimum Gasteiger partial charge on any atom is -0.345 e. The van der Waals surface area contributed by atoms with Crippen LogP contribution in [-0.4, -0.2) is 82.2 Å². The summed E-state index contributed by atoms with van der Waals surface area (Å²) < 4.78 is 1.80. The van der Waals surface area contributed by atoms with Gasteiger partial charge in [0.15, 0.2) is 0 Å². The van der Waals surface area contributed by atoms with Gasteiger partial charge in [-0.3, -0.25) is 14.4 Å². The van der Waals surface area contributed by atoms with Crippen LogP contribution in [0.1, 0.15) is 25.8 Å². The molecule has 1 N–H and O–H groups in total. The maximum absolute atomic E-state index is 12.6. The molecule has 0 aliphatic carbocycles. The first-order valence-corrected chi connectivity index (χ1v) is 9.26. The largest absolute Gasteiger partial charge is 0.345 e. The van der Waals surface area contributed by atoms with Gasteiger partial charge in [-0.05, 0) is 13.8 Å². The number of urea groups is 1. The van der Waals surface area contributed by atoms with Crippen molar-refractivity contribution in [3.8, 4) is 0 Å². The average Bonchev–Trinajstić information content (AvgIpc) is 2.99. The molecule has 1 unspecified atom stereocenters. The van der Waals surface area contributed by atoms with Crippen LogP contribution >= 0.6 is 0 Å². The van der Waals surface area contributed by atoms with Crippen LogP contribution in [-0.2, 0) is 18.4 Å². The fourth-order valence-corrected chi connectivity index (χ4v) is 4.12. The number of nitrogens with one attached hydrogen (secondary N) is 1. The number of amides is 3. The zero-order valence-electron chi connectivity index (χ0n) is 16.2. The minimum absolute atomic E-state index is 0.0374. The van der Waals surface area contributed by atoms with Crippen LogP contribution in [0, 0.1) is 5.41 Å². The molecule has 2 fully saturated rings. The summed E-state index contributed by atoms with van der Waals surface area (Å²) >= 11 is 0. The highest BCUT2D eigenvalue weighted by Gasteiger charge is 2.46. The lowest BCUT2D eigenvalue weighted by atomic mass is 9.86. The molecule has 0 aromatic carbocycles. The van der Waals surface area contributed by atoms with Gasteiger partial charge in [-0.25, -0.2) is 4.79 Å². The van der Waals surface area contributed by atoms with E-state index in [0.717, 1.165) is 25.2 Å². The number of nitrogens with zero attached hydrogens (tertiary/aromatic N) is 5. The Hall–Kier alpha value is -2.09. The molecule has 8 heteroatoms. The molecule has 1 aromatic heterocycles. The first-order valence-electron chi connectivity index (χ1n) is 9.26. The Bertz CT molecular complexity index is 672. The smallest absolute Gasteiger partial charge is 0.317 e. The Morgan fingerprint density at radius 1 is 1.27 bits per heavy atom. The van der Waals surface area contributed by atoms with Crippen molar-refractivity contribution in [1.29, 1.82) is 0 Å². The molecule has 2 aliphatic heterocycles. The van der Waals surface area contributed by atoms with Crippen LogP contribution in [0.2, 0.25) is 0 Å². The van der Waals surface area contributed by atoms with Gasteiger partial charge in [-0.1, -0.05) is 0 Å². The van der Waals surface area contributed by atoms with E-state index < -0.39 is 0 Å². The third-order valence-corrected chi connectivity index (χ3v) is 5.16. The Labute approximate surface area is 155 Å². The van der Waals surface area contributed by atoms with Crippen molar-refractivity contribution < 1.29 is 9.59 Å². The van der Waals surface area contributed by atoms with Crippen molar-refractivity contribution in [3.05, 3.63) is 18.0 Å². The fraction of sp³-hybridized carbons (Fsp3) is 0.722. The number of hydrogen-bond donors (Lipinski definition) is 1. The lowest BCUT2D eigenvalue weighted by molar-refractivity contribution is -0.126. The maximum Gasteiger partial charge on any atom is 0.317 e. The summed E-state index contributed by atoms with van der Waals surface area (Å²) in [5, 5.41) is 7.24. The van der Waals surface area contributed by atoms with E-state index in [2.05, 4.69) is 15.3 Å². The summed E-state index contributed by atoms with van der Waals surface area (Å²) in [6.45, 7) is 8.29. The van der Waals surface area contributed by atoms with E-state index in [-0.39, 0.29) is 23.4 Å². The summed E-state index contributed by atoms with van der Waals surface area (Å²) in [6, 6.07) is 0.0608. The quantitative estimate of drug-likeness (QED) is 0.850. The molecule has 144 valence electrons. The predicted molar refractivity (Wildman–Crippen MR) is 98.4 cm³/mol. The van der Waals surface area contributed by atoms with E-state index in [1.807, 2.05) is 45.2 Å².